The van der Waals surface area contributed by atoms with Crippen LogP contribution < -0.4 is 5.32 Å². The Morgan fingerprint density at radius 2 is 1.92 bits per heavy atom. The van der Waals surface area contributed by atoms with Crippen molar-refractivity contribution in [3.05, 3.63) is 41.3 Å². The van der Waals surface area contributed by atoms with Crippen molar-refractivity contribution in [3.63, 3.8) is 0 Å². The predicted octanol–water partition coefficient (Wildman–Crippen LogP) is 2.83. The van der Waals surface area contributed by atoms with Gasteiger partial charge in [0.05, 0.1) is 5.69 Å². The van der Waals surface area contributed by atoms with Crippen LogP contribution in [0.25, 0.3) is 11.3 Å². The van der Waals surface area contributed by atoms with E-state index < -0.39 is 0 Å². The van der Waals surface area contributed by atoms with Gasteiger partial charge < -0.3 is 15.1 Å². The van der Waals surface area contributed by atoms with Gasteiger partial charge in [0.1, 0.15) is 4.88 Å². The summed E-state index contributed by atoms with van der Waals surface area (Å²) in [5.74, 6) is 0.0474. The summed E-state index contributed by atoms with van der Waals surface area (Å²) in [4.78, 5) is 29.3. The highest BCUT2D eigenvalue weighted by Crippen LogP contribution is 2.25. The maximum Gasteiger partial charge on any atom is 0.317 e. The number of hydrogen-bond donors (Lipinski definition) is 1. The fourth-order valence-corrected chi connectivity index (χ4v) is 4.38. The number of likely N-dealkylation sites (tertiary alicyclic amines) is 1. The zero-order chi connectivity index (χ0) is 17.9. The van der Waals surface area contributed by atoms with Crippen molar-refractivity contribution in [1.82, 2.24) is 19.5 Å². The molecule has 0 saturated carbocycles. The molecule has 3 amide bonds. The Hall–Kier alpha value is -2.41. The van der Waals surface area contributed by atoms with E-state index in [4.69, 9.17) is 0 Å². The van der Waals surface area contributed by atoms with Crippen LogP contribution in [-0.2, 0) is 0 Å². The highest BCUT2D eigenvalue weighted by molar-refractivity contribution is 7.08. The lowest BCUT2D eigenvalue weighted by atomic mass is 10.0. The number of piperidine rings is 1. The number of nitrogens with one attached hydrogen (secondary N) is 1. The van der Waals surface area contributed by atoms with Crippen LogP contribution in [0.2, 0.25) is 0 Å². The number of nitrogens with zero attached hydrogens (tertiary/aromatic N) is 3. The number of benzene rings is 1. The Bertz CT molecular complexity index is 784. The fraction of sp³-hybridized carbons (Fsp3) is 0.421. The zero-order valence-corrected chi connectivity index (χ0v) is 15.4. The highest BCUT2D eigenvalue weighted by atomic mass is 32.1. The van der Waals surface area contributed by atoms with Gasteiger partial charge in [-0.2, -0.15) is 4.37 Å². The van der Waals surface area contributed by atoms with Crippen LogP contribution in [0, 0.1) is 0 Å². The number of urea groups is 1. The molecule has 2 aromatic rings. The first-order valence-electron chi connectivity index (χ1n) is 9.08. The van der Waals surface area contributed by atoms with Crippen molar-refractivity contribution < 1.29 is 9.59 Å². The molecule has 3 heterocycles. The van der Waals surface area contributed by atoms with E-state index in [2.05, 4.69) is 9.69 Å². The van der Waals surface area contributed by atoms with Crippen LogP contribution in [0.1, 0.15) is 28.9 Å². The number of hydrogen-bond acceptors (Lipinski definition) is 4. The average molecular weight is 370 g/mol. The summed E-state index contributed by atoms with van der Waals surface area (Å²) in [6.07, 6.45) is 2.67. The minimum Gasteiger partial charge on any atom is -0.338 e. The van der Waals surface area contributed by atoms with Gasteiger partial charge in [-0.25, -0.2) is 4.79 Å². The van der Waals surface area contributed by atoms with Crippen LogP contribution >= 0.6 is 11.5 Å². The molecule has 2 aliphatic heterocycles. The van der Waals surface area contributed by atoms with Gasteiger partial charge in [0, 0.05) is 37.8 Å². The summed E-state index contributed by atoms with van der Waals surface area (Å²) < 4.78 is 4.43. The minimum atomic E-state index is 0.0380. The van der Waals surface area contributed by atoms with Crippen molar-refractivity contribution in [2.24, 2.45) is 0 Å². The van der Waals surface area contributed by atoms with Crippen LogP contribution in [0.3, 0.4) is 0 Å². The van der Waals surface area contributed by atoms with Crippen molar-refractivity contribution >= 4 is 23.5 Å². The summed E-state index contributed by atoms with van der Waals surface area (Å²) in [7, 11) is 0. The predicted molar refractivity (Wildman–Crippen MR) is 101 cm³/mol. The van der Waals surface area contributed by atoms with Crippen molar-refractivity contribution in [2.75, 3.05) is 26.2 Å². The summed E-state index contributed by atoms with van der Waals surface area (Å²) in [5.41, 5.74) is 1.87. The quantitative estimate of drug-likeness (QED) is 0.903. The standard InChI is InChI=1S/C19H22N4O2S/c24-18(17-13-16(21-26-17)14-5-2-1-3-6-14)22-11-7-15(8-12-22)23-10-4-9-20-19(23)25/h1-3,5-6,13,15H,4,7-12H2,(H,20,25). The normalized spacial score (nSPS) is 18.7. The third kappa shape index (κ3) is 3.44. The first-order chi connectivity index (χ1) is 12.7. The van der Waals surface area contributed by atoms with Crippen LogP contribution in [-0.4, -0.2) is 58.3 Å². The molecule has 0 radical (unpaired) electrons. The fourth-order valence-electron chi connectivity index (χ4n) is 3.65. The summed E-state index contributed by atoms with van der Waals surface area (Å²) >= 11 is 1.26. The Morgan fingerprint density at radius 1 is 1.15 bits per heavy atom. The molecule has 1 aromatic carbocycles. The molecule has 136 valence electrons. The maximum atomic E-state index is 12.8. The molecule has 0 bridgehead atoms. The Balaban J connectivity index is 1.38. The number of carbonyl (C=O) groups excluding carboxylic acids is 2. The monoisotopic (exact) mass is 370 g/mol. The van der Waals surface area contributed by atoms with E-state index in [1.54, 1.807) is 0 Å². The molecule has 0 unspecified atom stereocenters. The molecule has 0 aliphatic carbocycles. The average Bonchev–Trinajstić information content (AvgIpc) is 3.19. The summed E-state index contributed by atoms with van der Waals surface area (Å²) in [5, 5.41) is 2.91. The van der Waals surface area contributed by atoms with Crippen molar-refractivity contribution in [2.45, 2.75) is 25.3 Å². The van der Waals surface area contributed by atoms with E-state index >= 15 is 0 Å². The molecule has 0 atom stereocenters. The van der Waals surface area contributed by atoms with Gasteiger partial charge in [-0.3, -0.25) is 4.79 Å². The Kier molecular flexibility index (Phi) is 4.88. The molecule has 6 nitrogen and oxygen atoms in total. The smallest absolute Gasteiger partial charge is 0.317 e. The van der Waals surface area contributed by atoms with E-state index in [-0.39, 0.29) is 18.0 Å². The molecule has 2 saturated heterocycles. The second kappa shape index (κ2) is 7.45. The van der Waals surface area contributed by atoms with E-state index in [1.807, 2.05) is 46.2 Å². The van der Waals surface area contributed by atoms with Gasteiger partial charge in [0.15, 0.2) is 0 Å². The molecule has 4 rings (SSSR count). The molecule has 26 heavy (non-hydrogen) atoms. The second-order valence-corrected chi connectivity index (χ2v) is 7.55. The van der Waals surface area contributed by atoms with Crippen LogP contribution in [0.4, 0.5) is 4.79 Å². The minimum absolute atomic E-state index is 0.0380. The Labute approximate surface area is 157 Å². The van der Waals surface area contributed by atoms with Gasteiger partial charge in [0.2, 0.25) is 0 Å². The van der Waals surface area contributed by atoms with E-state index in [1.165, 1.54) is 11.5 Å². The molecule has 1 N–H and O–H groups in total. The van der Waals surface area contributed by atoms with Gasteiger partial charge in [0.25, 0.3) is 5.91 Å². The van der Waals surface area contributed by atoms with Crippen molar-refractivity contribution in [3.8, 4) is 11.3 Å². The molecule has 2 aliphatic rings. The zero-order valence-electron chi connectivity index (χ0n) is 14.6. The summed E-state index contributed by atoms with van der Waals surface area (Å²) in [6, 6.07) is 12.1. The summed E-state index contributed by atoms with van der Waals surface area (Å²) in [6.45, 7) is 2.96. The molecule has 2 fully saturated rings. The third-order valence-corrected chi connectivity index (χ3v) is 5.87. The first kappa shape index (κ1) is 17.0. The van der Waals surface area contributed by atoms with E-state index in [0.717, 1.165) is 43.6 Å². The number of amides is 3. The lowest BCUT2D eigenvalue weighted by molar-refractivity contribution is 0.0647. The van der Waals surface area contributed by atoms with Crippen molar-refractivity contribution in [1.29, 1.82) is 0 Å². The lowest BCUT2D eigenvalue weighted by Gasteiger charge is -2.40. The number of rotatable bonds is 3. The second-order valence-electron chi connectivity index (χ2n) is 6.74. The molecule has 7 heteroatoms. The number of aromatic nitrogens is 1. The molecular formula is C19H22N4O2S. The maximum absolute atomic E-state index is 12.8. The largest absolute Gasteiger partial charge is 0.338 e. The van der Waals surface area contributed by atoms with E-state index in [0.29, 0.717) is 18.0 Å². The van der Waals surface area contributed by atoms with Gasteiger partial charge in [-0.15, -0.1) is 0 Å². The third-order valence-electron chi connectivity index (χ3n) is 5.10. The Morgan fingerprint density at radius 3 is 2.65 bits per heavy atom. The van der Waals surface area contributed by atoms with Gasteiger partial charge >= 0.3 is 6.03 Å². The molecule has 0 spiro atoms. The van der Waals surface area contributed by atoms with E-state index in [9.17, 15) is 9.59 Å². The molecular weight excluding hydrogens is 348 g/mol. The van der Waals surface area contributed by atoms with Gasteiger partial charge in [-0.1, -0.05) is 30.3 Å². The molecule has 1 aromatic heterocycles. The van der Waals surface area contributed by atoms with Crippen LogP contribution in [0.15, 0.2) is 36.4 Å². The van der Waals surface area contributed by atoms with Gasteiger partial charge in [-0.05, 0) is 36.9 Å². The first-order valence-corrected chi connectivity index (χ1v) is 9.85. The number of carbonyl (C=O) groups is 2. The van der Waals surface area contributed by atoms with Crippen LogP contribution in [0.5, 0.6) is 0 Å². The topological polar surface area (TPSA) is 65.5 Å². The lowest BCUT2D eigenvalue weighted by Crippen LogP contribution is -2.54. The SMILES string of the molecule is O=C(c1cc(-c2ccccc2)ns1)N1CCC(N2CCCNC2=O)CC1. The highest BCUT2D eigenvalue weighted by Gasteiger charge is 2.31.